The van der Waals surface area contributed by atoms with Gasteiger partial charge in [0.2, 0.25) is 5.91 Å². The predicted octanol–water partition coefficient (Wildman–Crippen LogP) is 3.15. The van der Waals surface area contributed by atoms with Gasteiger partial charge in [-0.05, 0) is 71.0 Å². The third kappa shape index (κ3) is 6.00. The molecule has 2 rings (SSSR count). The van der Waals surface area contributed by atoms with Gasteiger partial charge in [-0.1, -0.05) is 0 Å². The highest BCUT2D eigenvalue weighted by atomic mass is 32.2. The molecule has 1 aromatic rings. The van der Waals surface area contributed by atoms with Gasteiger partial charge in [0.1, 0.15) is 5.75 Å². The molecule has 0 saturated carbocycles. The number of hydrogen-bond donors (Lipinski definition) is 2. The molecule has 1 aromatic carbocycles. The third-order valence-electron chi connectivity index (χ3n) is 3.86. The number of hydroxylamine groups is 1. The van der Waals surface area contributed by atoms with E-state index < -0.39 is 0 Å². The molecule has 1 aliphatic rings. The predicted molar refractivity (Wildman–Crippen MR) is 97.3 cm³/mol. The number of thioether (sulfide) groups is 1. The molecule has 1 heterocycles. The molecular formula is C18H28N2O3S. The van der Waals surface area contributed by atoms with Gasteiger partial charge in [-0.15, -0.1) is 11.8 Å². The first kappa shape index (κ1) is 19.1. The van der Waals surface area contributed by atoms with Crippen molar-refractivity contribution in [2.45, 2.75) is 55.3 Å². The zero-order chi connectivity index (χ0) is 17.6. The zero-order valence-electron chi connectivity index (χ0n) is 15.0. The number of carbonyl (C=O) groups is 1. The van der Waals surface area contributed by atoms with E-state index in [9.17, 15) is 4.79 Å². The summed E-state index contributed by atoms with van der Waals surface area (Å²) < 4.78 is 5.11. The van der Waals surface area contributed by atoms with E-state index in [0.29, 0.717) is 6.42 Å². The Bertz CT molecular complexity index is 534. The minimum Gasteiger partial charge on any atom is -0.497 e. The van der Waals surface area contributed by atoms with Crippen LogP contribution in [0.4, 0.5) is 0 Å². The molecule has 134 valence electrons. The number of rotatable bonds is 6. The van der Waals surface area contributed by atoms with E-state index in [1.165, 1.54) is 0 Å². The van der Waals surface area contributed by atoms with Crippen LogP contribution < -0.4 is 15.5 Å². The minimum absolute atomic E-state index is 0.0622. The van der Waals surface area contributed by atoms with E-state index in [1.54, 1.807) is 18.9 Å². The van der Waals surface area contributed by atoms with Gasteiger partial charge in [0, 0.05) is 16.1 Å². The van der Waals surface area contributed by atoms with Crippen molar-refractivity contribution >= 4 is 17.7 Å². The Morgan fingerprint density at radius 2 is 1.88 bits per heavy atom. The Morgan fingerprint density at radius 1 is 1.25 bits per heavy atom. The summed E-state index contributed by atoms with van der Waals surface area (Å²) in [5.41, 5.74) is 2.22. The number of benzene rings is 1. The smallest absolute Gasteiger partial charge is 0.244 e. The first-order valence-corrected chi connectivity index (χ1v) is 9.14. The molecule has 1 aliphatic heterocycles. The summed E-state index contributed by atoms with van der Waals surface area (Å²) in [5, 5.41) is 3.38. The second kappa shape index (κ2) is 8.23. The molecule has 0 aromatic heterocycles. The van der Waals surface area contributed by atoms with Gasteiger partial charge < -0.3 is 10.1 Å². The van der Waals surface area contributed by atoms with E-state index in [-0.39, 0.29) is 16.3 Å². The van der Waals surface area contributed by atoms with Gasteiger partial charge in [-0.3, -0.25) is 9.63 Å². The van der Waals surface area contributed by atoms with Crippen molar-refractivity contribution in [1.82, 2.24) is 10.8 Å². The van der Waals surface area contributed by atoms with Crippen LogP contribution >= 0.6 is 11.8 Å². The number of amides is 1. The highest BCUT2D eigenvalue weighted by Gasteiger charge is 2.36. The monoisotopic (exact) mass is 352 g/mol. The summed E-state index contributed by atoms with van der Waals surface area (Å²) >= 11 is 1.78. The summed E-state index contributed by atoms with van der Waals surface area (Å²) in [6, 6.07) is 8.02. The van der Waals surface area contributed by atoms with Gasteiger partial charge in [-0.25, -0.2) is 5.48 Å². The van der Waals surface area contributed by atoms with Crippen LogP contribution in [0.15, 0.2) is 29.2 Å². The number of ether oxygens (including phenoxy) is 1. The Labute approximate surface area is 148 Å². The van der Waals surface area contributed by atoms with Crippen molar-refractivity contribution in [3.8, 4) is 5.75 Å². The quantitative estimate of drug-likeness (QED) is 0.770. The Balaban J connectivity index is 2.03. The molecule has 1 saturated heterocycles. The Kier molecular flexibility index (Phi) is 6.54. The average molecular weight is 353 g/mol. The number of hydrogen-bond acceptors (Lipinski definition) is 5. The van der Waals surface area contributed by atoms with Crippen LogP contribution in [0, 0.1) is 0 Å². The van der Waals surface area contributed by atoms with Crippen LogP contribution in [0.1, 0.15) is 40.0 Å². The zero-order valence-corrected chi connectivity index (χ0v) is 15.8. The maximum Gasteiger partial charge on any atom is 0.244 e. The lowest BCUT2D eigenvalue weighted by Crippen LogP contribution is -2.44. The fourth-order valence-electron chi connectivity index (χ4n) is 2.63. The topological polar surface area (TPSA) is 59.6 Å². The molecule has 5 nitrogen and oxygen atoms in total. The van der Waals surface area contributed by atoms with Crippen LogP contribution in [0.5, 0.6) is 5.75 Å². The molecule has 1 amide bonds. The lowest BCUT2D eigenvalue weighted by Gasteiger charge is -2.36. The Hall–Kier alpha value is -1.24. The average Bonchev–Trinajstić information content (AvgIpc) is 2.54. The minimum atomic E-state index is -0.389. The summed E-state index contributed by atoms with van der Waals surface area (Å²) in [5.74, 6) is 0.780. The van der Waals surface area contributed by atoms with E-state index in [4.69, 9.17) is 9.57 Å². The maximum atomic E-state index is 12.4. The number of nitrogens with one attached hydrogen (secondary N) is 2. The largest absolute Gasteiger partial charge is 0.497 e. The van der Waals surface area contributed by atoms with Gasteiger partial charge in [0.15, 0.2) is 0 Å². The normalized spacial score (nSPS) is 17.3. The first-order valence-electron chi connectivity index (χ1n) is 8.33. The molecule has 1 fully saturated rings. The lowest BCUT2D eigenvalue weighted by molar-refractivity contribution is -0.146. The van der Waals surface area contributed by atoms with Gasteiger partial charge in [0.25, 0.3) is 0 Å². The number of piperidine rings is 1. The van der Waals surface area contributed by atoms with Crippen LogP contribution in [-0.2, 0) is 9.63 Å². The van der Waals surface area contributed by atoms with Gasteiger partial charge in [0.05, 0.1) is 12.7 Å². The SMILES string of the molecule is COc1ccc(SC2(CC(=O)NOC(C)(C)C)CCNCC2)cc1. The van der Waals surface area contributed by atoms with Crippen molar-refractivity contribution in [3.05, 3.63) is 24.3 Å². The first-order chi connectivity index (χ1) is 11.3. The lowest BCUT2D eigenvalue weighted by atomic mass is 9.93. The maximum absolute atomic E-state index is 12.4. The summed E-state index contributed by atoms with van der Waals surface area (Å²) in [7, 11) is 1.66. The van der Waals surface area contributed by atoms with E-state index in [1.807, 2.05) is 32.9 Å². The Morgan fingerprint density at radius 3 is 2.42 bits per heavy atom. The highest BCUT2D eigenvalue weighted by Crippen LogP contribution is 2.42. The van der Waals surface area contributed by atoms with Gasteiger partial charge in [-0.2, -0.15) is 0 Å². The molecule has 0 radical (unpaired) electrons. The van der Waals surface area contributed by atoms with Crippen LogP contribution in [-0.4, -0.2) is 36.5 Å². The van der Waals surface area contributed by atoms with Gasteiger partial charge >= 0.3 is 0 Å². The molecule has 6 heteroatoms. The molecule has 2 N–H and O–H groups in total. The van der Waals surface area contributed by atoms with Crippen LogP contribution in [0.3, 0.4) is 0 Å². The third-order valence-corrected chi connectivity index (χ3v) is 5.36. The van der Waals surface area contributed by atoms with E-state index in [0.717, 1.165) is 36.6 Å². The van der Waals surface area contributed by atoms with Crippen molar-refractivity contribution < 1.29 is 14.4 Å². The molecule has 0 aliphatic carbocycles. The summed E-state index contributed by atoms with van der Waals surface area (Å²) in [6.07, 6.45) is 2.35. The molecule has 0 bridgehead atoms. The van der Waals surface area contributed by atoms with Crippen molar-refractivity contribution in [2.75, 3.05) is 20.2 Å². The van der Waals surface area contributed by atoms with Crippen molar-refractivity contribution in [3.63, 3.8) is 0 Å². The fraction of sp³-hybridized carbons (Fsp3) is 0.611. The highest BCUT2D eigenvalue weighted by molar-refractivity contribution is 8.00. The molecule has 0 unspecified atom stereocenters. The second-order valence-corrected chi connectivity index (χ2v) is 8.67. The molecular weight excluding hydrogens is 324 g/mol. The van der Waals surface area contributed by atoms with Crippen molar-refractivity contribution in [1.29, 1.82) is 0 Å². The number of methoxy groups -OCH3 is 1. The molecule has 0 spiro atoms. The van der Waals surface area contributed by atoms with E-state index in [2.05, 4.69) is 22.9 Å². The fourth-order valence-corrected chi connectivity index (χ4v) is 4.01. The summed E-state index contributed by atoms with van der Waals surface area (Å²) in [4.78, 5) is 18.9. The summed E-state index contributed by atoms with van der Waals surface area (Å²) in [6.45, 7) is 7.60. The molecule has 24 heavy (non-hydrogen) atoms. The number of carbonyl (C=O) groups excluding carboxylic acids is 1. The second-order valence-electron chi connectivity index (χ2n) is 7.13. The van der Waals surface area contributed by atoms with E-state index >= 15 is 0 Å². The standard InChI is InChI=1S/C18H28N2O3S/c1-17(2,3)23-20-16(21)13-18(9-11-19-12-10-18)24-15-7-5-14(22-4)6-8-15/h5-8,19H,9-13H2,1-4H3,(H,20,21). The van der Waals surface area contributed by atoms with Crippen LogP contribution in [0.2, 0.25) is 0 Å². The van der Waals surface area contributed by atoms with Crippen LogP contribution in [0.25, 0.3) is 0 Å². The molecule has 0 atom stereocenters. The van der Waals surface area contributed by atoms with Crippen molar-refractivity contribution in [2.24, 2.45) is 0 Å².